The third-order valence-electron chi connectivity index (χ3n) is 7.24. The number of ether oxygens (including phenoxy) is 1. The van der Waals surface area contributed by atoms with Crippen molar-refractivity contribution in [3.05, 3.63) is 28.2 Å². The zero-order valence-electron chi connectivity index (χ0n) is 18.5. The zero-order chi connectivity index (χ0) is 23.9. The number of piperidine rings is 1. The largest absolute Gasteiger partial charge is 0.484 e. The number of benzene rings is 1. The summed E-state index contributed by atoms with van der Waals surface area (Å²) in [7, 11) is 0. The number of rotatable bonds is 8. The van der Waals surface area contributed by atoms with E-state index in [-0.39, 0.29) is 53.9 Å². The predicted molar refractivity (Wildman–Crippen MR) is 122 cm³/mol. The van der Waals surface area contributed by atoms with Gasteiger partial charge in [0, 0.05) is 25.1 Å². The van der Waals surface area contributed by atoms with E-state index in [0.29, 0.717) is 41.6 Å². The Labute approximate surface area is 202 Å². The maximum atomic E-state index is 13.2. The van der Waals surface area contributed by atoms with Crippen LogP contribution in [0.3, 0.4) is 0 Å². The highest BCUT2D eigenvalue weighted by Gasteiger charge is 2.69. The Morgan fingerprint density at radius 2 is 2.09 bits per heavy atom. The molecule has 2 aliphatic heterocycles. The molecule has 2 heterocycles. The van der Waals surface area contributed by atoms with Crippen molar-refractivity contribution in [1.29, 1.82) is 0 Å². The van der Waals surface area contributed by atoms with Gasteiger partial charge < -0.3 is 25.1 Å². The number of likely N-dealkylation sites (tertiary alicyclic amines) is 1. The van der Waals surface area contributed by atoms with E-state index in [9.17, 15) is 19.2 Å². The van der Waals surface area contributed by atoms with E-state index in [4.69, 9.17) is 27.9 Å². The highest BCUT2D eigenvalue weighted by Crippen LogP contribution is 2.64. The first-order chi connectivity index (χ1) is 15.6. The lowest BCUT2D eigenvalue weighted by Crippen LogP contribution is -2.53. The first kappa shape index (κ1) is 23.8. The Hall–Kier alpha value is -2.32. The first-order valence-electron chi connectivity index (χ1n) is 11.0. The normalized spacial score (nSPS) is 28.0. The van der Waals surface area contributed by atoms with Crippen LogP contribution >= 0.6 is 23.2 Å². The molecule has 3 aliphatic rings. The van der Waals surface area contributed by atoms with E-state index in [2.05, 4.69) is 24.5 Å². The summed E-state index contributed by atoms with van der Waals surface area (Å²) < 4.78 is 5.58. The predicted octanol–water partition coefficient (Wildman–Crippen LogP) is 2.07. The number of fused-ring (bicyclic) bond motifs is 1. The van der Waals surface area contributed by atoms with Crippen LogP contribution < -0.4 is 15.4 Å². The number of amides is 3. The Morgan fingerprint density at radius 3 is 2.73 bits per heavy atom. The second-order valence-electron chi connectivity index (χ2n) is 9.57. The van der Waals surface area contributed by atoms with Gasteiger partial charge in [-0.05, 0) is 42.2 Å². The van der Waals surface area contributed by atoms with Gasteiger partial charge in [0.15, 0.2) is 6.61 Å². The topological polar surface area (TPSA) is 105 Å². The smallest absolute Gasteiger partial charge is 0.261 e. The van der Waals surface area contributed by atoms with Crippen molar-refractivity contribution in [3.63, 3.8) is 0 Å². The van der Waals surface area contributed by atoms with E-state index in [1.54, 1.807) is 12.1 Å². The molecule has 0 aromatic heterocycles. The fourth-order valence-electron chi connectivity index (χ4n) is 5.23. The molecule has 33 heavy (non-hydrogen) atoms. The Bertz CT molecular complexity index is 985. The van der Waals surface area contributed by atoms with Gasteiger partial charge in [0.2, 0.25) is 11.8 Å². The molecule has 0 spiro atoms. The van der Waals surface area contributed by atoms with E-state index in [1.807, 2.05) is 0 Å². The van der Waals surface area contributed by atoms with Crippen molar-refractivity contribution >= 4 is 47.2 Å². The highest BCUT2D eigenvalue weighted by molar-refractivity contribution is 6.42. The second kappa shape index (κ2) is 9.14. The first-order valence-corrected chi connectivity index (χ1v) is 11.8. The molecular formula is C23H27Cl2N3O5. The van der Waals surface area contributed by atoms with Crippen LogP contribution in [0.4, 0.5) is 0 Å². The van der Waals surface area contributed by atoms with Crippen molar-refractivity contribution in [1.82, 2.24) is 15.5 Å². The summed E-state index contributed by atoms with van der Waals surface area (Å²) in [5.74, 6) is -0.470. The van der Waals surface area contributed by atoms with Gasteiger partial charge in [-0.25, -0.2) is 0 Å². The average molecular weight is 496 g/mol. The van der Waals surface area contributed by atoms with E-state index >= 15 is 0 Å². The van der Waals surface area contributed by atoms with Gasteiger partial charge in [0.1, 0.15) is 18.1 Å². The van der Waals surface area contributed by atoms with Crippen LogP contribution in [-0.2, 0) is 19.2 Å². The molecule has 1 aromatic carbocycles. The molecule has 1 saturated carbocycles. The third kappa shape index (κ3) is 4.68. The summed E-state index contributed by atoms with van der Waals surface area (Å²) in [6, 6.07) is 3.26. The van der Waals surface area contributed by atoms with Crippen LogP contribution in [0.25, 0.3) is 0 Å². The van der Waals surface area contributed by atoms with Crippen LogP contribution in [0, 0.1) is 23.2 Å². The number of aldehydes is 1. The van der Waals surface area contributed by atoms with Crippen molar-refractivity contribution < 1.29 is 23.9 Å². The molecule has 1 aliphatic carbocycles. The van der Waals surface area contributed by atoms with Crippen LogP contribution in [0.5, 0.6) is 5.75 Å². The standard InChI is InChI=1S/C23H27Cl2N3O5/c1-23(2)15-9-28(18(30)11-33-14-3-4-16(24)17(25)8-14)20(19(15)23)22(32)27-13(10-29)7-12-5-6-26-21(12)31/h3-4,8,10,12-13,15,19-20H,5-7,9,11H2,1-2H3,(H,26,31)(H,27,32). The third-order valence-corrected chi connectivity index (χ3v) is 7.98. The van der Waals surface area contributed by atoms with E-state index < -0.39 is 12.1 Å². The minimum atomic E-state index is -0.781. The number of hydrogen-bond donors (Lipinski definition) is 2. The summed E-state index contributed by atoms with van der Waals surface area (Å²) in [5, 5.41) is 6.21. The van der Waals surface area contributed by atoms with E-state index in [0.717, 1.165) is 0 Å². The van der Waals surface area contributed by atoms with Gasteiger partial charge in [-0.15, -0.1) is 0 Å². The van der Waals surface area contributed by atoms with Crippen molar-refractivity contribution in [2.24, 2.45) is 23.2 Å². The highest BCUT2D eigenvalue weighted by atomic mass is 35.5. The number of halogens is 2. The minimum absolute atomic E-state index is 0.00788. The lowest BCUT2D eigenvalue weighted by atomic mass is 9.97. The molecule has 5 atom stereocenters. The van der Waals surface area contributed by atoms with Crippen LogP contribution in [0.1, 0.15) is 26.7 Å². The average Bonchev–Trinajstić information content (AvgIpc) is 3.13. The fraction of sp³-hybridized carbons (Fsp3) is 0.565. The summed E-state index contributed by atoms with van der Waals surface area (Å²) in [5.41, 5.74) is -0.0641. The molecule has 2 saturated heterocycles. The quantitative estimate of drug-likeness (QED) is 0.537. The number of nitrogens with zero attached hydrogens (tertiary/aromatic N) is 1. The molecule has 10 heteroatoms. The number of hydrogen-bond acceptors (Lipinski definition) is 5. The minimum Gasteiger partial charge on any atom is -0.484 e. The Balaban J connectivity index is 1.41. The molecule has 178 valence electrons. The maximum Gasteiger partial charge on any atom is 0.261 e. The van der Waals surface area contributed by atoms with Crippen LogP contribution in [0.2, 0.25) is 10.0 Å². The molecule has 1 aromatic rings. The zero-order valence-corrected chi connectivity index (χ0v) is 20.0. The van der Waals surface area contributed by atoms with Gasteiger partial charge in [-0.3, -0.25) is 14.4 Å². The molecule has 0 bridgehead atoms. The number of nitrogens with one attached hydrogen (secondary N) is 2. The molecule has 5 unspecified atom stereocenters. The molecule has 3 amide bonds. The Morgan fingerprint density at radius 1 is 1.33 bits per heavy atom. The SMILES string of the molecule is CC1(C)C2CN(C(=O)COc3ccc(Cl)c(Cl)c3)C(C(=O)NC(C=O)CC3CCNC3=O)C21. The summed E-state index contributed by atoms with van der Waals surface area (Å²) in [6.07, 6.45) is 1.55. The molecule has 0 radical (unpaired) electrons. The monoisotopic (exact) mass is 495 g/mol. The summed E-state index contributed by atoms with van der Waals surface area (Å²) in [4.78, 5) is 51.2. The molecule has 2 N–H and O–H groups in total. The molecule has 8 nitrogen and oxygen atoms in total. The van der Waals surface area contributed by atoms with Crippen molar-refractivity contribution in [2.45, 2.75) is 38.8 Å². The summed E-state index contributed by atoms with van der Waals surface area (Å²) >= 11 is 11.9. The molecule has 3 fully saturated rings. The van der Waals surface area contributed by atoms with Gasteiger partial charge >= 0.3 is 0 Å². The molecule has 4 rings (SSSR count). The van der Waals surface area contributed by atoms with Gasteiger partial charge in [0.25, 0.3) is 5.91 Å². The molecular weight excluding hydrogens is 469 g/mol. The summed E-state index contributed by atoms with van der Waals surface area (Å²) in [6.45, 7) is 4.94. The lowest BCUT2D eigenvalue weighted by Gasteiger charge is -2.31. The van der Waals surface area contributed by atoms with E-state index in [1.165, 1.54) is 11.0 Å². The van der Waals surface area contributed by atoms with Gasteiger partial charge in [0.05, 0.1) is 16.1 Å². The van der Waals surface area contributed by atoms with Gasteiger partial charge in [-0.1, -0.05) is 37.0 Å². The number of carbonyl (C=O) groups is 4. The lowest BCUT2D eigenvalue weighted by molar-refractivity contribution is -0.142. The number of carbonyl (C=O) groups excluding carboxylic acids is 4. The maximum absolute atomic E-state index is 13.2. The van der Waals surface area contributed by atoms with Crippen LogP contribution in [-0.4, -0.2) is 60.7 Å². The van der Waals surface area contributed by atoms with Gasteiger partial charge in [-0.2, -0.15) is 0 Å². The second-order valence-corrected chi connectivity index (χ2v) is 10.4. The fourth-order valence-corrected chi connectivity index (χ4v) is 5.52. The van der Waals surface area contributed by atoms with Crippen molar-refractivity contribution in [3.8, 4) is 5.75 Å². The van der Waals surface area contributed by atoms with Crippen LogP contribution in [0.15, 0.2) is 18.2 Å². The Kier molecular flexibility index (Phi) is 6.60. The van der Waals surface area contributed by atoms with Crippen molar-refractivity contribution in [2.75, 3.05) is 19.7 Å².